The van der Waals surface area contributed by atoms with Crippen LogP contribution >= 0.6 is 12.6 Å². The minimum atomic E-state index is 0.847. The lowest BCUT2D eigenvalue weighted by Crippen LogP contribution is -1.94. The zero-order valence-electron chi connectivity index (χ0n) is 43.0. The van der Waals surface area contributed by atoms with Crippen LogP contribution in [0.5, 0.6) is 0 Å². The van der Waals surface area contributed by atoms with E-state index in [1.807, 2.05) is 36.4 Å². The smallest absolute Gasteiger partial charge is 0.159 e. The molecule has 78 heavy (non-hydrogen) atoms. The summed E-state index contributed by atoms with van der Waals surface area (Å²) in [5.74, 6) is 0. The number of thiol groups is 1. The molecular weight excluding hydrogens is 973 g/mol. The molecule has 0 bridgehead atoms. The number of aryl methyl sites for hydroxylation is 1. The van der Waals surface area contributed by atoms with Crippen LogP contribution in [0.2, 0.25) is 0 Å². The van der Waals surface area contributed by atoms with E-state index in [2.05, 4.69) is 236 Å². The molecule has 5 nitrogen and oxygen atoms in total. The van der Waals surface area contributed by atoms with Crippen LogP contribution in [-0.2, 0) is 0 Å². The van der Waals surface area contributed by atoms with Gasteiger partial charge in [0.2, 0.25) is 0 Å². The van der Waals surface area contributed by atoms with E-state index in [1.165, 1.54) is 32.7 Å². The minimum Gasteiger partial charge on any atom is -0.455 e. The molecule has 0 N–H and O–H groups in total. The Balaban J connectivity index is 0.000000379. The predicted octanol–water partition coefficient (Wildman–Crippen LogP) is 20.7. The highest BCUT2D eigenvalue weighted by Gasteiger charge is 2.22. The molecule has 6 heteroatoms. The first kappa shape index (κ1) is 46.8. The quantitative estimate of drug-likeness (QED) is 0.133. The third-order valence-electron chi connectivity index (χ3n) is 15.5. The zero-order chi connectivity index (χ0) is 52.6. The van der Waals surface area contributed by atoms with Crippen molar-refractivity contribution in [2.24, 2.45) is 0 Å². The number of fused-ring (bicyclic) bond motifs is 15. The number of benzene rings is 11. The molecule has 372 valence electrons. The summed E-state index contributed by atoms with van der Waals surface area (Å²) in [4.78, 5) is 0. The van der Waals surface area contributed by atoms with Crippen LogP contribution in [0.4, 0.5) is 0 Å². The molecule has 0 atom stereocenters. The van der Waals surface area contributed by atoms with Gasteiger partial charge in [-0.2, -0.15) is 12.6 Å². The van der Waals surface area contributed by atoms with Crippen molar-refractivity contribution in [1.82, 2.24) is 9.13 Å². The van der Waals surface area contributed by atoms with Crippen LogP contribution in [0.3, 0.4) is 0 Å². The number of aromatic nitrogens is 2. The highest BCUT2D eigenvalue weighted by atomic mass is 32.1. The highest BCUT2D eigenvalue weighted by molar-refractivity contribution is 7.79. The zero-order valence-corrected chi connectivity index (χ0v) is 43.9. The van der Waals surface area contributed by atoms with Gasteiger partial charge in [0, 0.05) is 70.7 Å². The summed E-state index contributed by atoms with van der Waals surface area (Å²) < 4.78 is 24.6. The van der Waals surface area contributed by atoms with E-state index in [0.717, 1.165) is 127 Å². The van der Waals surface area contributed by atoms with Crippen molar-refractivity contribution in [3.63, 3.8) is 0 Å². The summed E-state index contributed by atoms with van der Waals surface area (Å²) in [5.41, 5.74) is 19.7. The Labute approximate surface area is 455 Å². The van der Waals surface area contributed by atoms with E-state index >= 15 is 0 Å². The fourth-order valence-corrected chi connectivity index (χ4v) is 11.9. The van der Waals surface area contributed by atoms with Crippen molar-refractivity contribution in [1.29, 1.82) is 0 Å². The predicted molar refractivity (Wildman–Crippen MR) is 333 cm³/mol. The second-order valence-corrected chi connectivity index (χ2v) is 19.7. The van der Waals surface area contributed by atoms with Gasteiger partial charge in [0.25, 0.3) is 0 Å². The van der Waals surface area contributed by atoms with Gasteiger partial charge >= 0.3 is 0 Å². The van der Waals surface area contributed by atoms with Gasteiger partial charge in [0.15, 0.2) is 5.58 Å². The van der Waals surface area contributed by atoms with Crippen molar-refractivity contribution in [3.05, 3.63) is 261 Å². The van der Waals surface area contributed by atoms with Crippen LogP contribution in [-0.4, -0.2) is 15.4 Å². The largest absolute Gasteiger partial charge is 0.455 e. The van der Waals surface area contributed by atoms with Gasteiger partial charge in [-0.25, -0.2) is 0 Å². The fourth-order valence-electron chi connectivity index (χ4n) is 11.9. The standard InChI is InChI=1S/C60H34N2O3.C11H12.CH4S/c1-5-21-50-40(12-1)47-32-35(38-16-9-18-44-42-14-3-7-24-55(42)63-58(38)44)26-29-52(47)61(50)37-28-31-57-49(34-37)46-20-11-23-54(60(46)65-57)62-51-22-6-2-13-41(51)48-33-36(27-30-53(48)62)39-17-10-19-45-43-15-4-8-25-56(43)64-59(39)45;1-4-9(2)11-8-6-5-7-10(11)3;1-2/h1-34H;4-8H,1-2H2,3H3;2H,1H3. The normalized spacial score (nSPS) is 11.6. The molecule has 0 aliphatic heterocycles. The summed E-state index contributed by atoms with van der Waals surface area (Å²) in [6, 6.07) is 81.7. The van der Waals surface area contributed by atoms with E-state index in [1.54, 1.807) is 12.3 Å². The van der Waals surface area contributed by atoms with E-state index in [-0.39, 0.29) is 0 Å². The summed E-state index contributed by atoms with van der Waals surface area (Å²) in [5, 5.41) is 11.4. The lowest BCUT2D eigenvalue weighted by Gasteiger charge is -2.09. The molecule has 0 saturated heterocycles. The Morgan fingerprint density at radius 3 is 1.42 bits per heavy atom. The molecule has 0 aliphatic carbocycles. The van der Waals surface area contributed by atoms with Crippen molar-refractivity contribution in [2.75, 3.05) is 6.26 Å². The average molecular weight is 1020 g/mol. The van der Waals surface area contributed by atoms with Gasteiger partial charge in [-0.15, -0.1) is 0 Å². The van der Waals surface area contributed by atoms with Gasteiger partial charge in [-0.3, -0.25) is 0 Å². The Hall–Kier alpha value is -9.75. The number of nitrogens with zero attached hydrogens (tertiary/aromatic N) is 2. The molecule has 0 radical (unpaired) electrons. The number of hydrogen-bond donors (Lipinski definition) is 1. The van der Waals surface area contributed by atoms with Crippen molar-refractivity contribution in [2.45, 2.75) is 6.92 Å². The second kappa shape index (κ2) is 18.8. The summed E-state index contributed by atoms with van der Waals surface area (Å²) in [6.45, 7) is 9.64. The third-order valence-corrected chi connectivity index (χ3v) is 15.5. The molecular formula is C72H50N2O3S. The first-order valence-corrected chi connectivity index (χ1v) is 27.0. The molecule has 16 aromatic rings. The van der Waals surface area contributed by atoms with Gasteiger partial charge in [0.1, 0.15) is 27.9 Å². The Kier molecular flexibility index (Phi) is 11.3. The second-order valence-electron chi connectivity index (χ2n) is 19.7. The Morgan fingerprint density at radius 2 is 0.833 bits per heavy atom. The molecule has 0 aliphatic rings. The van der Waals surface area contributed by atoms with Crippen LogP contribution in [0.1, 0.15) is 11.1 Å². The van der Waals surface area contributed by atoms with Crippen molar-refractivity contribution >= 4 is 128 Å². The van der Waals surface area contributed by atoms with Gasteiger partial charge < -0.3 is 22.4 Å². The number of hydrogen-bond acceptors (Lipinski definition) is 4. The van der Waals surface area contributed by atoms with E-state index < -0.39 is 0 Å². The molecule has 0 unspecified atom stereocenters. The van der Waals surface area contributed by atoms with Gasteiger partial charge in [-0.05, 0) is 114 Å². The molecule has 0 fully saturated rings. The van der Waals surface area contributed by atoms with Gasteiger partial charge in [0.05, 0.1) is 27.8 Å². The minimum absolute atomic E-state index is 0.847. The van der Waals surface area contributed by atoms with E-state index in [4.69, 9.17) is 13.3 Å². The molecule has 5 heterocycles. The van der Waals surface area contributed by atoms with Gasteiger partial charge in [-0.1, -0.05) is 177 Å². The highest BCUT2D eigenvalue weighted by Crippen LogP contribution is 2.44. The topological polar surface area (TPSA) is 49.3 Å². The first-order chi connectivity index (χ1) is 38.5. The Morgan fingerprint density at radius 1 is 0.385 bits per heavy atom. The molecule has 16 rings (SSSR count). The van der Waals surface area contributed by atoms with Crippen molar-refractivity contribution in [3.8, 4) is 33.6 Å². The fraction of sp³-hybridized carbons (Fsp3) is 0.0278. The molecule has 0 spiro atoms. The first-order valence-electron chi connectivity index (χ1n) is 26.1. The van der Waals surface area contributed by atoms with Crippen molar-refractivity contribution < 1.29 is 13.3 Å². The third kappa shape index (κ3) is 7.32. The van der Waals surface area contributed by atoms with Crippen LogP contribution in [0.15, 0.2) is 263 Å². The average Bonchev–Trinajstić information content (AvgIpc) is 4.37. The number of para-hydroxylation sites is 7. The van der Waals surface area contributed by atoms with Crippen LogP contribution < -0.4 is 0 Å². The SMILES string of the molecule is C=CC(=C)c1ccccc1C.CS.c1ccc2c(c1)oc1c(-c3ccc4c(c3)c3ccccc3n4-c3ccc4oc5c(-n6c7ccccc7c7cc(-c8cccc9c8oc8ccccc89)ccc76)cccc5c4c3)cccc12. The maximum atomic E-state index is 6.89. The number of furan rings is 3. The monoisotopic (exact) mass is 1020 g/mol. The summed E-state index contributed by atoms with van der Waals surface area (Å²) >= 11 is 3.53. The van der Waals surface area contributed by atoms with Crippen LogP contribution in [0, 0.1) is 6.92 Å². The lowest BCUT2D eigenvalue weighted by molar-refractivity contribution is 0.666. The summed E-state index contributed by atoms with van der Waals surface area (Å²) in [6.07, 6.45) is 3.47. The van der Waals surface area contributed by atoms with E-state index in [9.17, 15) is 0 Å². The molecule has 5 aromatic heterocycles. The number of rotatable bonds is 6. The van der Waals surface area contributed by atoms with E-state index in [0.29, 0.717) is 0 Å². The Bertz CT molecular complexity index is 5080. The lowest BCUT2D eigenvalue weighted by atomic mass is 10.0. The maximum Gasteiger partial charge on any atom is 0.159 e. The number of allylic oxidation sites excluding steroid dienone is 2. The maximum absolute atomic E-state index is 6.89. The molecule has 0 amide bonds. The molecule has 0 saturated carbocycles. The molecule has 11 aromatic carbocycles. The summed E-state index contributed by atoms with van der Waals surface area (Å²) in [7, 11) is 0. The van der Waals surface area contributed by atoms with Crippen LogP contribution in [0.25, 0.3) is 149 Å².